The van der Waals surface area contributed by atoms with Crippen molar-refractivity contribution in [1.29, 1.82) is 0 Å². The Morgan fingerprint density at radius 2 is 1.94 bits per heavy atom. The lowest BCUT2D eigenvalue weighted by atomic mass is 10.1. The van der Waals surface area contributed by atoms with Crippen molar-refractivity contribution in [3.05, 3.63) is 66.4 Å². The van der Waals surface area contributed by atoms with Gasteiger partial charge in [-0.2, -0.15) is 11.3 Å². The minimum atomic E-state index is 0.0461. The molecule has 2 rings (SSSR count). The van der Waals surface area contributed by atoms with Crippen molar-refractivity contribution in [3.8, 4) is 0 Å². The van der Waals surface area contributed by atoms with Gasteiger partial charge in [0.2, 0.25) is 0 Å². The minimum Gasteiger partial charge on any atom is -0.290 e. The second-order valence-electron chi connectivity index (χ2n) is 3.36. The molecule has 0 radical (unpaired) electrons. The average molecular weight is 271 g/mol. The molecule has 16 heavy (non-hydrogen) atoms. The smallest absolute Gasteiger partial charge is 0.183 e. The largest absolute Gasteiger partial charge is 0.290 e. The zero-order chi connectivity index (χ0) is 11.5. The van der Waals surface area contributed by atoms with Gasteiger partial charge in [0, 0.05) is 22.0 Å². The van der Waals surface area contributed by atoms with Gasteiger partial charge in [0.25, 0.3) is 0 Å². The van der Waals surface area contributed by atoms with Crippen LogP contribution < -0.4 is 5.43 Å². The van der Waals surface area contributed by atoms with Crippen LogP contribution in [0, 0.1) is 0 Å². The zero-order valence-electron chi connectivity index (χ0n) is 8.24. The van der Waals surface area contributed by atoms with Crippen LogP contribution >= 0.6 is 34.5 Å². The highest BCUT2D eigenvalue weighted by Gasteiger charge is 2.05. The van der Waals surface area contributed by atoms with Crippen molar-refractivity contribution in [2.75, 3.05) is 0 Å². The quantitative estimate of drug-likeness (QED) is 0.806. The molecule has 1 aromatic carbocycles. The van der Waals surface area contributed by atoms with Crippen molar-refractivity contribution in [2.45, 2.75) is 6.42 Å². The Morgan fingerprint density at radius 3 is 2.62 bits per heavy atom. The van der Waals surface area contributed by atoms with Crippen molar-refractivity contribution in [3.63, 3.8) is 0 Å². The molecule has 0 saturated carbocycles. The summed E-state index contributed by atoms with van der Waals surface area (Å²) in [6.45, 7) is 0. The number of halogens is 2. The molecule has 1 aromatic heterocycles. The van der Waals surface area contributed by atoms with Gasteiger partial charge in [0.1, 0.15) is 0 Å². The molecule has 0 aliphatic heterocycles. The molecule has 0 unspecified atom stereocenters. The fraction of sp³-hybridized carbons (Fsp3) is 0.0833. The summed E-state index contributed by atoms with van der Waals surface area (Å²) in [5, 5.41) is 4.83. The van der Waals surface area contributed by atoms with Crippen LogP contribution in [0.25, 0.3) is 0 Å². The van der Waals surface area contributed by atoms with E-state index in [0.29, 0.717) is 16.5 Å². The number of rotatable bonds is 2. The van der Waals surface area contributed by atoms with Crippen LogP contribution in [0.3, 0.4) is 0 Å². The maximum atomic E-state index is 11.5. The lowest BCUT2D eigenvalue weighted by Gasteiger charge is -2.03. The SMILES string of the molecule is O=c1ccscc1Cc1ccc(Cl)cc1Cl. The summed E-state index contributed by atoms with van der Waals surface area (Å²) in [6.07, 6.45) is 0.548. The molecule has 0 atom stereocenters. The van der Waals surface area contributed by atoms with Crippen LogP contribution in [-0.2, 0) is 6.42 Å². The summed E-state index contributed by atoms with van der Waals surface area (Å²) in [6, 6.07) is 6.89. The zero-order valence-corrected chi connectivity index (χ0v) is 10.6. The fourth-order valence-electron chi connectivity index (χ4n) is 1.39. The van der Waals surface area contributed by atoms with Crippen LogP contribution in [0.5, 0.6) is 0 Å². The molecule has 0 fully saturated rings. The Labute approximate surface area is 107 Å². The maximum absolute atomic E-state index is 11.5. The van der Waals surface area contributed by atoms with E-state index in [1.807, 2.05) is 11.4 Å². The van der Waals surface area contributed by atoms with Gasteiger partial charge >= 0.3 is 0 Å². The second kappa shape index (κ2) is 5.00. The van der Waals surface area contributed by atoms with E-state index in [9.17, 15) is 4.79 Å². The van der Waals surface area contributed by atoms with E-state index in [1.54, 1.807) is 23.6 Å². The van der Waals surface area contributed by atoms with Gasteiger partial charge in [-0.3, -0.25) is 4.79 Å². The summed E-state index contributed by atoms with van der Waals surface area (Å²) in [4.78, 5) is 11.5. The van der Waals surface area contributed by atoms with Crippen molar-refractivity contribution in [1.82, 2.24) is 0 Å². The third-order valence-electron chi connectivity index (χ3n) is 2.22. The second-order valence-corrected chi connectivity index (χ2v) is 4.98. The third-order valence-corrected chi connectivity index (χ3v) is 3.52. The number of hydrogen-bond acceptors (Lipinski definition) is 2. The van der Waals surface area contributed by atoms with Crippen molar-refractivity contribution < 1.29 is 0 Å². The van der Waals surface area contributed by atoms with E-state index in [0.717, 1.165) is 11.1 Å². The first-order chi connectivity index (χ1) is 7.66. The Balaban J connectivity index is 2.35. The average Bonchev–Trinajstić information content (AvgIpc) is 2.25. The topological polar surface area (TPSA) is 17.1 Å². The molecule has 2 aromatic rings. The van der Waals surface area contributed by atoms with Gasteiger partial charge in [-0.15, -0.1) is 0 Å². The Bertz CT molecular complexity index is 563. The van der Waals surface area contributed by atoms with E-state index < -0.39 is 0 Å². The summed E-state index contributed by atoms with van der Waals surface area (Å²) < 4.78 is 0. The predicted molar refractivity (Wildman–Crippen MR) is 69.9 cm³/mol. The maximum Gasteiger partial charge on any atom is 0.183 e. The van der Waals surface area contributed by atoms with Gasteiger partial charge in [-0.05, 0) is 34.5 Å². The highest BCUT2D eigenvalue weighted by Crippen LogP contribution is 2.22. The van der Waals surface area contributed by atoms with E-state index in [4.69, 9.17) is 23.2 Å². The Kier molecular flexibility index (Phi) is 3.64. The molecule has 0 aliphatic rings. The molecule has 0 saturated heterocycles. The minimum absolute atomic E-state index is 0.0461. The molecule has 82 valence electrons. The first-order valence-corrected chi connectivity index (χ1v) is 6.36. The summed E-state index contributed by atoms with van der Waals surface area (Å²) >= 11 is 13.4. The van der Waals surface area contributed by atoms with E-state index in [-0.39, 0.29) is 5.43 Å². The normalized spacial score (nSPS) is 10.4. The van der Waals surface area contributed by atoms with Gasteiger partial charge in [0.15, 0.2) is 5.43 Å². The van der Waals surface area contributed by atoms with Gasteiger partial charge in [0.05, 0.1) is 0 Å². The predicted octanol–water partition coefficient (Wildman–Crippen LogP) is 4.01. The van der Waals surface area contributed by atoms with E-state index in [1.165, 1.54) is 11.3 Å². The fourth-order valence-corrected chi connectivity index (χ4v) is 2.51. The van der Waals surface area contributed by atoms with Crippen LogP contribution in [-0.4, -0.2) is 0 Å². The monoisotopic (exact) mass is 270 g/mol. The molecule has 0 spiro atoms. The molecular formula is C12H8Cl2OS. The number of hydrogen-bond donors (Lipinski definition) is 0. The molecule has 0 amide bonds. The summed E-state index contributed by atoms with van der Waals surface area (Å²) in [7, 11) is 0. The lowest BCUT2D eigenvalue weighted by molar-refractivity contribution is 1.18. The van der Waals surface area contributed by atoms with Crippen molar-refractivity contribution >= 4 is 34.5 Å². The van der Waals surface area contributed by atoms with Crippen LogP contribution in [0.4, 0.5) is 0 Å². The first kappa shape index (κ1) is 11.6. The summed E-state index contributed by atoms with van der Waals surface area (Å²) in [5.41, 5.74) is 1.73. The van der Waals surface area contributed by atoms with Gasteiger partial charge in [-0.25, -0.2) is 0 Å². The third kappa shape index (κ3) is 2.64. The van der Waals surface area contributed by atoms with Crippen molar-refractivity contribution in [2.24, 2.45) is 0 Å². The van der Waals surface area contributed by atoms with E-state index in [2.05, 4.69) is 0 Å². The van der Waals surface area contributed by atoms with Crippen LogP contribution in [0.2, 0.25) is 10.0 Å². The first-order valence-electron chi connectivity index (χ1n) is 4.66. The standard InChI is InChI=1S/C12H8Cl2OS/c13-10-2-1-8(11(14)6-10)5-9-7-16-4-3-12(9)15/h1-4,6-7H,5H2. The Hall–Kier alpha value is -0.830. The molecule has 0 aliphatic carbocycles. The molecule has 4 heteroatoms. The molecule has 0 bridgehead atoms. The van der Waals surface area contributed by atoms with Crippen LogP contribution in [0.1, 0.15) is 11.1 Å². The Morgan fingerprint density at radius 1 is 1.12 bits per heavy atom. The van der Waals surface area contributed by atoms with E-state index >= 15 is 0 Å². The molecule has 1 nitrogen and oxygen atoms in total. The van der Waals surface area contributed by atoms with Gasteiger partial charge < -0.3 is 0 Å². The van der Waals surface area contributed by atoms with Gasteiger partial charge in [-0.1, -0.05) is 29.3 Å². The summed E-state index contributed by atoms with van der Waals surface area (Å²) in [5.74, 6) is 0. The molecule has 1 heterocycles. The molecule has 0 N–H and O–H groups in total. The van der Waals surface area contributed by atoms with Crippen LogP contribution in [0.15, 0.2) is 39.8 Å². The highest BCUT2D eigenvalue weighted by molar-refractivity contribution is 7.07. The molecular weight excluding hydrogens is 263 g/mol. The highest BCUT2D eigenvalue weighted by atomic mass is 35.5. The lowest BCUT2D eigenvalue weighted by Crippen LogP contribution is -2.05. The number of benzene rings is 1.